The Kier molecular flexibility index (Phi) is 5.21. The van der Waals surface area contributed by atoms with Gasteiger partial charge in [0.25, 0.3) is 5.91 Å². The maximum absolute atomic E-state index is 12.8. The molecule has 2 heterocycles. The van der Waals surface area contributed by atoms with Crippen molar-refractivity contribution in [3.05, 3.63) is 51.9 Å². The number of carbonyl (C=O) groups is 1. The molecule has 1 amide bonds. The van der Waals surface area contributed by atoms with E-state index in [-0.39, 0.29) is 5.91 Å². The third-order valence-electron chi connectivity index (χ3n) is 4.44. The summed E-state index contributed by atoms with van der Waals surface area (Å²) in [6.45, 7) is 7.77. The van der Waals surface area contributed by atoms with Gasteiger partial charge in [-0.1, -0.05) is 35.8 Å². The van der Waals surface area contributed by atoms with Gasteiger partial charge in [0.1, 0.15) is 11.3 Å². The van der Waals surface area contributed by atoms with Crippen LogP contribution in [0.15, 0.2) is 28.8 Å². The Balaban J connectivity index is 1.60. The molecule has 0 radical (unpaired) electrons. The topological polar surface area (TPSA) is 49.6 Å². The van der Waals surface area contributed by atoms with Crippen molar-refractivity contribution in [1.82, 2.24) is 15.0 Å². The number of benzene rings is 1. The standard InChI is InChI=1S/C18H22ClN3O2/c1-3-16-17(13(2)24-20-16)18(23)22-9-7-21(8-10-22)12-14-5-4-6-15(19)11-14/h4-6,11H,3,7-10,12H2,1-2H3. The highest BCUT2D eigenvalue weighted by molar-refractivity contribution is 6.30. The molecule has 1 aliphatic heterocycles. The van der Waals surface area contributed by atoms with E-state index in [1.165, 1.54) is 5.56 Å². The van der Waals surface area contributed by atoms with Crippen LogP contribution in [-0.4, -0.2) is 47.0 Å². The molecule has 0 bridgehead atoms. The van der Waals surface area contributed by atoms with Gasteiger partial charge in [0.05, 0.1) is 5.69 Å². The summed E-state index contributed by atoms with van der Waals surface area (Å²) in [5.74, 6) is 0.645. The highest BCUT2D eigenvalue weighted by Gasteiger charge is 2.27. The third kappa shape index (κ3) is 3.62. The first-order chi connectivity index (χ1) is 11.6. The van der Waals surface area contributed by atoms with E-state index in [4.69, 9.17) is 16.1 Å². The second-order valence-electron chi connectivity index (χ2n) is 6.11. The summed E-state index contributed by atoms with van der Waals surface area (Å²) in [5.41, 5.74) is 2.59. The van der Waals surface area contributed by atoms with Crippen molar-refractivity contribution in [2.45, 2.75) is 26.8 Å². The summed E-state index contributed by atoms with van der Waals surface area (Å²) in [4.78, 5) is 17.0. The molecular formula is C18H22ClN3O2. The van der Waals surface area contributed by atoms with Gasteiger partial charge in [-0.2, -0.15) is 0 Å². The second-order valence-corrected chi connectivity index (χ2v) is 6.55. The van der Waals surface area contributed by atoms with Crippen molar-refractivity contribution in [1.29, 1.82) is 0 Å². The molecule has 3 rings (SSSR count). The van der Waals surface area contributed by atoms with Crippen LogP contribution in [-0.2, 0) is 13.0 Å². The summed E-state index contributed by atoms with van der Waals surface area (Å²) >= 11 is 6.04. The Morgan fingerprint density at radius 3 is 2.71 bits per heavy atom. The molecule has 5 nitrogen and oxygen atoms in total. The van der Waals surface area contributed by atoms with Crippen molar-refractivity contribution >= 4 is 17.5 Å². The first kappa shape index (κ1) is 17.0. The second kappa shape index (κ2) is 7.36. The van der Waals surface area contributed by atoms with Crippen LogP contribution in [0.4, 0.5) is 0 Å². The number of halogens is 1. The number of amides is 1. The predicted octanol–water partition coefficient (Wildman–Crippen LogP) is 3.16. The fourth-order valence-electron chi connectivity index (χ4n) is 3.09. The monoisotopic (exact) mass is 347 g/mol. The maximum atomic E-state index is 12.8. The summed E-state index contributed by atoms with van der Waals surface area (Å²) in [6, 6.07) is 7.93. The lowest BCUT2D eigenvalue weighted by atomic mass is 10.1. The molecule has 0 unspecified atom stereocenters. The van der Waals surface area contributed by atoms with Gasteiger partial charge in [-0.3, -0.25) is 9.69 Å². The molecule has 0 aliphatic carbocycles. The summed E-state index contributed by atoms with van der Waals surface area (Å²) in [7, 11) is 0. The lowest BCUT2D eigenvalue weighted by Gasteiger charge is -2.34. The fourth-order valence-corrected chi connectivity index (χ4v) is 3.31. The molecular weight excluding hydrogens is 326 g/mol. The Morgan fingerprint density at radius 1 is 1.29 bits per heavy atom. The molecule has 24 heavy (non-hydrogen) atoms. The van der Waals surface area contributed by atoms with Crippen molar-refractivity contribution < 1.29 is 9.32 Å². The molecule has 0 saturated carbocycles. The normalized spacial score (nSPS) is 15.7. The molecule has 0 spiro atoms. The highest BCUT2D eigenvalue weighted by atomic mass is 35.5. The first-order valence-electron chi connectivity index (χ1n) is 8.29. The van der Waals surface area contributed by atoms with Crippen LogP contribution in [0.5, 0.6) is 0 Å². The number of piperazine rings is 1. The van der Waals surface area contributed by atoms with E-state index in [1.807, 2.05) is 30.0 Å². The molecule has 1 saturated heterocycles. The van der Waals surface area contributed by atoms with Gasteiger partial charge in [-0.25, -0.2) is 0 Å². The van der Waals surface area contributed by atoms with Gasteiger partial charge in [0, 0.05) is 37.7 Å². The van der Waals surface area contributed by atoms with Crippen LogP contribution in [0.3, 0.4) is 0 Å². The van der Waals surface area contributed by atoms with E-state index in [2.05, 4.69) is 16.1 Å². The number of hydrogen-bond donors (Lipinski definition) is 0. The molecule has 1 aromatic carbocycles. The molecule has 6 heteroatoms. The first-order valence-corrected chi connectivity index (χ1v) is 8.67. The quantitative estimate of drug-likeness (QED) is 0.852. The minimum atomic E-state index is 0.0352. The summed E-state index contributed by atoms with van der Waals surface area (Å²) in [6.07, 6.45) is 0.702. The van der Waals surface area contributed by atoms with Gasteiger partial charge in [0.2, 0.25) is 0 Å². The average Bonchev–Trinajstić information content (AvgIpc) is 2.96. The number of hydrogen-bond acceptors (Lipinski definition) is 4. The largest absolute Gasteiger partial charge is 0.361 e. The third-order valence-corrected chi connectivity index (χ3v) is 4.67. The van der Waals surface area contributed by atoms with Gasteiger partial charge in [0.15, 0.2) is 0 Å². The highest BCUT2D eigenvalue weighted by Crippen LogP contribution is 2.19. The zero-order valence-electron chi connectivity index (χ0n) is 14.1. The van der Waals surface area contributed by atoms with Gasteiger partial charge in [-0.05, 0) is 31.0 Å². The Morgan fingerprint density at radius 2 is 2.04 bits per heavy atom. The van der Waals surface area contributed by atoms with E-state index in [1.54, 1.807) is 6.92 Å². The number of aromatic nitrogens is 1. The maximum Gasteiger partial charge on any atom is 0.259 e. The minimum Gasteiger partial charge on any atom is -0.361 e. The Bertz CT molecular complexity index is 721. The zero-order valence-corrected chi connectivity index (χ0v) is 14.8. The van der Waals surface area contributed by atoms with Crippen LogP contribution in [0.1, 0.15) is 34.3 Å². The van der Waals surface area contributed by atoms with E-state index in [0.717, 1.165) is 30.4 Å². The summed E-state index contributed by atoms with van der Waals surface area (Å²) in [5, 5.41) is 4.74. The van der Waals surface area contributed by atoms with E-state index < -0.39 is 0 Å². The van der Waals surface area contributed by atoms with Crippen LogP contribution in [0, 0.1) is 6.92 Å². The molecule has 1 fully saturated rings. The fraction of sp³-hybridized carbons (Fsp3) is 0.444. The molecule has 1 aliphatic rings. The number of aryl methyl sites for hydroxylation is 2. The van der Waals surface area contributed by atoms with Gasteiger partial charge in [-0.15, -0.1) is 0 Å². The lowest BCUT2D eigenvalue weighted by molar-refractivity contribution is 0.0626. The van der Waals surface area contributed by atoms with Crippen LogP contribution < -0.4 is 0 Å². The molecule has 1 aromatic heterocycles. The Hall–Kier alpha value is -1.85. The van der Waals surface area contributed by atoms with E-state index in [9.17, 15) is 4.79 Å². The molecule has 0 N–H and O–H groups in total. The molecule has 128 valence electrons. The van der Waals surface area contributed by atoms with Gasteiger partial charge >= 0.3 is 0 Å². The van der Waals surface area contributed by atoms with Crippen LogP contribution in [0.25, 0.3) is 0 Å². The lowest BCUT2D eigenvalue weighted by Crippen LogP contribution is -2.48. The van der Waals surface area contributed by atoms with Crippen LogP contribution in [0.2, 0.25) is 5.02 Å². The van der Waals surface area contributed by atoms with Crippen molar-refractivity contribution in [3.63, 3.8) is 0 Å². The van der Waals surface area contributed by atoms with E-state index >= 15 is 0 Å². The smallest absolute Gasteiger partial charge is 0.259 e. The summed E-state index contributed by atoms with van der Waals surface area (Å²) < 4.78 is 5.19. The number of rotatable bonds is 4. The number of carbonyl (C=O) groups excluding carboxylic acids is 1. The van der Waals surface area contributed by atoms with Crippen molar-refractivity contribution in [2.24, 2.45) is 0 Å². The zero-order chi connectivity index (χ0) is 17.1. The van der Waals surface area contributed by atoms with Crippen LogP contribution >= 0.6 is 11.6 Å². The minimum absolute atomic E-state index is 0.0352. The predicted molar refractivity (Wildman–Crippen MR) is 93.3 cm³/mol. The molecule has 2 aromatic rings. The number of nitrogens with zero attached hydrogens (tertiary/aromatic N) is 3. The Labute approximate surface area is 147 Å². The van der Waals surface area contributed by atoms with Crippen molar-refractivity contribution in [3.8, 4) is 0 Å². The van der Waals surface area contributed by atoms with Gasteiger partial charge < -0.3 is 9.42 Å². The average molecular weight is 348 g/mol. The SMILES string of the molecule is CCc1noc(C)c1C(=O)N1CCN(Cc2cccc(Cl)c2)CC1. The van der Waals surface area contributed by atoms with E-state index in [0.29, 0.717) is 30.8 Å². The van der Waals surface area contributed by atoms with Crippen molar-refractivity contribution in [2.75, 3.05) is 26.2 Å². The molecule has 0 atom stereocenters.